The van der Waals surface area contributed by atoms with E-state index in [0.29, 0.717) is 24.5 Å². The average molecular weight is 462 g/mol. The van der Waals surface area contributed by atoms with Crippen LogP contribution in [0.2, 0.25) is 0 Å². The molecule has 1 amide bonds. The molecule has 1 N–H and O–H groups in total. The second kappa shape index (κ2) is 9.41. The van der Waals surface area contributed by atoms with Crippen molar-refractivity contribution in [2.24, 2.45) is 0 Å². The van der Waals surface area contributed by atoms with Crippen LogP contribution >= 0.6 is 15.9 Å². The Labute approximate surface area is 183 Å². The van der Waals surface area contributed by atoms with Crippen LogP contribution < -0.4 is 10.1 Å². The molecule has 0 atom stereocenters. The standard InChI is InChI=1S/C24H20BrN3O2/c25-21-10-5-11-22(15-21)30-17-19-8-4-9-20(14-19)24(29)26-23-12-13-28(27-23)16-18-6-2-1-3-7-18/h1-15H,16-17H2,(H,26,27,29). The zero-order chi connectivity index (χ0) is 20.8. The van der Waals surface area contributed by atoms with Gasteiger partial charge in [-0.3, -0.25) is 9.48 Å². The van der Waals surface area contributed by atoms with Crippen molar-refractivity contribution >= 4 is 27.7 Å². The van der Waals surface area contributed by atoms with Gasteiger partial charge in [-0.05, 0) is 41.5 Å². The van der Waals surface area contributed by atoms with Crippen molar-refractivity contribution in [1.82, 2.24) is 9.78 Å². The molecule has 1 aromatic heterocycles. The highest BCUT2D eigenvalue weighted by atomic mass is 79.9. The second-order valence-corrected chi connectivity index (χ2v) is 7.70. The summed E-state index contributed by atoms with van der Waals surface area (Å²) in [6, 6.07) is 26.9. The summed E-state index contributed by atoms with van der Waals surface area (Å²) in [5.74, 6) is 1.08. The van der Waals surface area contributed by atoms with Gasteiger partial charge in [-0.25, -0.2) is 0 Å². The first-order valence-corrected chi connectivity index (χ1v) is 10.3. The zero-order valence-corrected chi connectivity index (χ0v) is 17.7. The minimum atomic E-state index is -0.204. The number of nitrogens with zero attached hydrogens (tertiary/aromatic N) is 2. The molecule has 5 nitrogen and oxygen atoms in total. The molecule has 30 heavy (non-hydrogen) atoms. The normalized spacial score (nSPS) is 10.6. The van der Waals surface area contributed by atoms with Gasteiger partial charge in [0.25, 0.3) is 5.91 Å². The molecule has 0 aliphatic rings. The smallest absolute Gasteiger partial charge is 0.256 e. The van der Waals surface area contributed by atoms with Gasteiger partial charge in [0.1, 0.15) is 12.4 Å². The summed E-state index contributed by atoms with van der Waals surface area (Å²) in [5.41, 5.74) is 2.62. The van der Waals surface area contributed by atoms with Crippen molar-refractivity contribution in [2.45, 2.75) is 13.2 Å². The third-order valence-corrected chi connectivity index (χ3v) is 4.95. The Morgan fingerprint density at radius 3 is 2.57 bits per heavy atom. The van der Waals surface area contributed by atoms with Crippen LogP contribution in [0.25, 0.3) is 0 Å². The van der Waals surface area contributed by atoms with Crippen LogP contribution in [0.5, 0.6) is 5.75 Å². The van der Waals surface area contributed by atoms with E-state index in [1.54, 1.807) is 16.8 Å². The molecule has 1 heterocycles. The monoisotopic (exact) mass is 461 g/mol. The predicted molar refractivity (Wildman–Crippen MR) is 121 cm³/mol. The summed E-state index contributed by atoms with van der Waals surface area (Å²) < 4.78 is 8.57. The van der Waals surface area contributed by atoms with Crippen molar-refractivity contribution in [2.75, 3.05) is 5.32 Å². The van der Waals surface area contributed by atoms with Crippen molar-refractivity contribution in [3.63, 3.8) is 0 Å². The Bertz CT molecular complexity index is 1140. The lowest BCUT2D eigenvalue weighted by molar-refractivity contribution is 0.102. The van der Waals surface area contributed by atoms with Crippen molar-refractivity contribution in [3.05, 3.63) is 112 Å². The third kappa shape index (κ3) is 5.36. The van der Waals surface area contributed by atoms with E-state index in [4.69, 9.17) is 4.74 Å². The topological polar surface area (TPSA) is 56.2 Å². The molecule has 0 saturated heterocycles. The quantitative estimate of drug-likeness (QED) is 0.393. The van der Waals surface area contributed by atoms with Gasteiger partial charge >= 0.3 is 0 Å². The maximum absolute atomic E-state index is 12.6. The highest BCUT2D eigenvalue weighted by Crippen LogP contribution is 2.19. The van der Waals surface area contributed by atoms with Crippen molar-refractivity contribution in [3.8, 4) is 5.75 Å². The van der Waals surface area contributed by atoms with Gasteiger partial charge in [0.05, 0.1) is 6.54 Å². The van der Waals surface area contributed by atoms with E-state index < -0.39 is 0 Å². The molecule has 0 bridgehead atoms. The largest absolute Gasteiger partial charge is 0.489 e. The van der Waals surface area contributed by atoms with Gasteiger partial charge in [-0.15, -0.1) is 0 Å². The fourth-order valence-electron chi connectivity index (χ4n) is 3.00. The van der Waals surface area contributed by atoms with Crippen LogP contribution in [0.1, 0.15) is 21.5 Å². The molecule has 4 aromatic rings. The van der Waals surface area contributed by atoms with Crippen LogP contribution in [0.15, 0.2) is 95.6 Å². The molecule has 0 saturated carbocycles. The summed E-state index contributed by atoms with van der Waals surface area (Å²) in [6.45, 7) is 1.03. The van der Waals surface area contributed by atoms with Crippen molar-refractivity contribution < 1.29 is 9.53 Å². The van der Waals surface area contributed by atoms with Gasteiger partial charge in [0.15, 0.2) is 5.82 Å². The van der Waals surface area contributed by atoms with Gasteiger partial charge < -0.3 is 10.1 Å². The predicted octanol–water partition coefficient (Wildman–Crippen LogP) is 5.53. The molecule has 0 fully saturated rings. The molecule has 3 aromatic carbocycles. The lowest BCUT2D eigenvalue weighted by Crippen LogP contribution is -2.13. The Morgan fingerprint density at radius 2 is 1.73 bits per heavy atom. The lowest BCUT2D eigenvalue weighted by atomic mass is 10.1. The first kappa shape index (κ1) is 19.9. The molecule has 0 aliphatic heterocycles. The van der Waals surface area contributed by atoms with Crippen molar-refractivity contribution in [1.29, 1.82) is 0 Å². The molecule has 150 valence electrons. The molecular formula is C24H20BrN3O2. The van der Waals surface area contributed by atoms with E-state index in [1.807, 2.05) is 79.0 Å². The van der Waals surface area contributed by atoms with Gasteiger partial charge in [0.2, 0.25) is 0 Å². The maximum atomic E-state index is 12.6. The minimum absolute atomic E-state index is 0.204. The Morgan fingerprint density at radius 1 is 0.933 bits per heavy atom. The van der Waals surface area contributed by atoms with Gasteiger partial charge in [-0.2, -0.15) is 5.10 Å². The summed E-state index contributed by atoms with van der Waals surface area (Å²) in [6.07, 6.45) is 1.85. The van der Waals surface area contributed by atoms with Crippen LogP contribution in [0.3, 0.4) is 0 Å². The molecule has 0 spiro atoms. The Kier molecular flexibility index (Phi) is 6.25. The summed E-state index contributed by atoms with van der Waals surface area (Å²) in [4.78, 5) is 12.6. The minimum Gasteiger partial charge on any atom is -0.489 e. The van der Waals surface area contributed by atoms with Crippen LogP contribution in [-0.4, -0.2) is 15.7 Å². The number of carbonyl (C=O) groups excluding carboxylic acids is 1. The second-order valence-electron chi connectivity index (χ2n) is 6.78. The van der Waals surface area contributed by atoms with Crippen LogP contribution in [0.4, 0.5) is 5.82 Å². The van der Waals surface area contributed by atoms with E-state index in [-0.39, 0.29) is 5.91 Å². The third-order valence-electron chi connectivity index (χ3n) is 4.46. The van der Waals surface area contributed by atoms with E-state index >= 15 is 0 Å². The maximum Gasteiger partial charge on any atom is 0.256 e. The number of hydrogen-bond donors (Lipinski definition) is 1. The fraction of sp³-hybridized carbons (Fsp3) is 0.0833. The molecular weight excluding hydrogens is 442 g/mol. The number of amides is 1. The molecule has 0 radical (unpaired) electrons. The Hall–Kier alpha value is -3.38. The van der Waals surface area contributed by atoms with Crippen LogP contribution in [0, 0.1) is 0 Å². The summed E-state index contributed by atoms with van der Waals surface area (Å²) in [7, 11) is 0. The highest BCUT2D eigenvalue weighted by Gasteiger charge is 2.09. The van der Waals surface area contributed by atoms with E-state index in [1.165, 1.54) is 0 Å². The number of halogens is 1. The average Bonchev–Trinajstić information content (AvgIpc) is 3.20. The van der Waals surface area contributed by atoms with Gasteiger partial charge in [0, 0.05) is 22.3 Å². The van der Waals surface area contributed by atoms with Gasteiger partial charge in [-0.1, -0.05) is 64.5 Å². The van der Waals surface area contributed by atoms with E-state index in [0.717, 1.165) is 21.3 Å². The number of aromatic nitrogens is 2. The lowest BCUT2D eigenvalue weighted by Gasteiger charge is -2.08. The number of carbonyl (C=O) groups is 1. The number of hydrogen-bond acceptors (Lipinski definition) is 3. The summed E-state index contributed by atoms with van der Waals surface area (Å²) >= 11 is 3.43. The Balaban J connectivity index is 1.37. The number of benzene rings is 3. The van der Waals surface area contributed by atoms with E-state index in [9.17, 15) is 4.79 Å². The molecule has 4 rings (SSSR count). The number of anilines is 1. The SMILES string of the molecule is O=C(Nc1ccn(Cc2ccccc2)n1)c1cccc(COc2cccc(Br)c2)c1. The number of nitrogens with one attached hydrogen (secondary N) is 1. The number of ether oxygens (including phenoxy) is 1. The molecule has 6 heteroatoms. The fourth-order valence-corrected chi connectivity index (χ4v) is 3.38. The summed E-state index contributed by atoms with van der Waals surface area (Å²) in [5, 5.41) is 7.29. The van der Waals surface area contributed by atoms with Crippen LogP contribution in [-0.2, 0) is 13.2 Å². The molecule has 0 aliphatic carbocycles. The first-order chi connectivity index (χ1) is 14.7. The first-order valence-electron chi connectivity index (χ1n) is 9.52. The molecule has 0 unspecified atom stereocenters. The number of rotatable bonds is 7. The zero-order valence-electron chi connectivity index (χ0n) is 16.2. The highest BCUT2D eigenvalue weighted by molar-refractivity contribution is 9.10. The van der Waals surface area contributed by atoms with E-state index in [2.05, 4.69) is 26.3 Å².